The molecule has 1 rings (SSSR count). The molecule has 1 aliphatic rings. The summed E-state index contributed by atoms with van der Waals surface area (Å²) in [5, 5.41) is 12.4. The molecule has 1 saturated carbocycles. The van der Waals surface area contributed by atoms with Crippen LogP contribution in [0.4, 0.5) is 8.78 Å². The highest BCUT2D eigenvalue weighted by Gasteiger charge is 2.26. The molecule has 0 saturated heterocycles. The third kappa shape index (κ3) is 5.59. The second-order valence-electron chi connectivity index (χ2n) is 5.08. The molecule has 2 N–H and O–H groups in total. The van der Waals surface area contributed by atoms with Gasteiger partial charge in [-0.15, -0.1) is 0 Å². The van der Waals surface area contributed by atoms with E-state index in [4.69, 9.17) is 5.11 Å². The average molecular weight is 264 g/mol. The molecule has 0 spiro atoms. The molecule has 3 nitrogen and oxygen atoms in total. The number of alkyl halides is 2. The van der Waals surface area contributed by atoms with Crippen LogP contribution >= 0.6 is 0 Å². The minimum atomic E-state index is -2.32. The fourth-order valence-electron chi connectivity index (χ4n) is 2.88. The Hall–Kier alpha value is -0.260. The van der Waals surface area contributed by atoms with Crippen molar-refractivity contribution in [2.24, 2.45) is 5.92 Å². The van der Waals surface area contributed by atoms with Crippen LogP contribution in [0.3, 0.4) is 0 Å². The van der Waals surface area contributed by atoms with Crippen molar-refractivity contribution in [2.75, 3.05) is 32.8 Å². The molecule has 0 aliphatic heterocycles. The van der Waals surface area contributed by atoms with E-state index in [0.29, 0.717) is 25.0 Å². The van der Waals surface area contributed by atoms with Gasteiger partial charge in [0.15, 0.2) is 0 Å². The zero-order valence-corrected chi connectivity index (χ0v) is 11.2. The zero-order valence-electron chi connectivity index (χ0n) is 11.2. The Balaban J connectivity index is 2.47. The summed E-state index contributed by atoms with van der Waals surface area (Å²) in [5.74, 6) is 0.434. The number of hydrogen-bond acceptors (Lipinski definition) is 3. The topological polar surface area (TPSA) is 35.5 Å². The lowest BCUT2D eigenvalue weighted by molar-refractivity contribution is 0.0609. The van der Waals surface area contributed by atoms with E-state index in [1.54, 1.807) is 4.90 Å². The molecule has 0 amide bonds. The smallest absolute Gasteiger partial charge is 0.251 e. The van der Waals surface area contributed by atoms with E-state index in [0.717, 1.165) is 19.4 Å². The first kappa shape index (κ1) is 15.8. The van der Waals surface area contributed by atoms with Gasteiger partial charge in [-0.05, 0) is 25.3 Å². The molecular weight excluding hydrogens is 238 g/mol. The number of halogens is 2. The Kier molecular flexibility index (Phi) is 7.70. The van der Waals surface area contributed by atoms with Crippen LogP contribution in [0, 0.1) is 5.92 Å². The van der Waals surface area contributed by atoms with E-state index in [2.05, 4.69) is 12.2 Å². The summed E-state index contributed by atoms with van der Waals surface area (Å²) in [7, 11) is 0. The van der Waals surface area contributed by atoms with E-state index >= 15 is 0 Å². The normalized spacial score (nSPS) is 25.0. The van der Waals surface area contributed by atoms with Crippen LogP contribution in [-0.2, 0) is 0 Å². The van der Waals surface area contributed by atoms with Gasteiger partial charge >= 0.3 is 0 Å². The van der Waals surface area contributed by atoms with Crippen LogP contribution in [0.15, 0.2) is 0 Å². The number of nitrogens with zero attached hydrogens (tertiary/aromatic N) is 1. The number of hydrogen-bond donors (Lipinski definition) is 2. The summed E-state index contributed by atoms with van der Waals surface area (Å²) in [4.78, 5) is 1.70. The van der Waals surface area contributed by atoms with Crippen LogP contribution in [-0.4, -0.2) is 55.3 Å². The Morgan fingerprint density at radius 1 is 1.33 bits per heavy atom. The van der Waals surface area contributed by atoms with E-state index in [-0.39, 0.29) is 13.2 Å². The summed E-state index contributed by atoms with van der Waals surface area (Å²) < 4.78 is 24.9. The van der Waals surface area contributed by atoms with E-state index < -0.39 is 6.43 Å². The third-order valence-corrected chi connectivity index (χ3v) is 3.68. The van der Waals surface area contributed by atoms with Crippen molar-refractivity contribution in [3.8, 4) is 0 Å². The van der Waals surface area contributed by atoms with Crippen LogP contribution in [0.1, 0.15) is 32.6 Å². The molecule has 0 heterocycles. The molecule has 0 aromatic rings. The highest BCUT2D eigenvalue weighted by Crippen LogP contribution is 2.25. The fourth-order valence-corrected chi connectivity index (χ4v) is 2.88. The molecule has 2 atom stereocenters. The first-order valence-corrected chi connectivity index (χ1v) is 7.02. The van der Waals surface area contributed by atoms with Crippen molar-refractivity contribution in [3.05, 3.63) is 0 Å². The van der Waals surface area contributed by atoms with Crippen molar-refractivity contribution in [2.45, 2.75) is 45.1 Å². The van der Waals surface area contributed by atoms with Gasteiger partial charge in [0.1, 0.15) is 0 Å². The number of aliphatic hydroxyl groups is 1. The Labute approximate surface area is 109 Å². The average Bonchev–Trinajstić information content (AvgIpc) is 2.31. The van der Waals surface area contributed by atoms with Gasteiger partial charge in [-0.3, -0.25) is 4.90 Å². The lowest BCUT2D eigenvalue weighted by atomic mass is 9.84. The second kappa shape index (κ2) is 8.77. The van der Waals surface area contributed by atoms with Crippen molar-refractivity contribution < 1.29 is 13.9 Å². The second-order valence-corrected chi connectivity index (χ2v) is 5.08. The maximum absolute atomic E-state index is 12.5. The van der Waals surface area contributed by atoms with Gasteiger partial charge in [0.05, 0.1) is 13.2 Å². The van der Waals surface area contributed by atoms with Crippen LogP contribution in [0.25, 0.3) is 0 Å². The molecule has 108 valence electrons. The molecule has 0 radical (unpaired) electrons. The summed E-state index contributed by atoms with van der Waals surface area (Å²) in [6.45, 7) is 3.75. The molecule has 0 aromatic heterocycles. The number of nitrogens with one attached hydrogen (secondary N) is 1. The van der Waals surface area contributed by atoms with Gasteiger partial charge in [0.25, 0.3) is 6.43 Å². The molecule has 0 aromatic carbocycles. The Morgan fingerprint density at radius 3 is 2.67 bits per heavy atom. The minimum Gasteiger partial charge on any atom is -0.395 e. The third-order valence-electron chi connectivity index (χ3n) is 3.68. The van der Waals surface area contributed by atoms with Crippen LogP contribution in [0.5, 0.6) is 0 Å². The van der Waals surface area contributed by atoms with Gasteiger partial charge in [-0.2, -0.15) is 0 Å². The van der Waals surface area contributed by atoms with Crippen LogP contribution < -0.4 is 5.32 Å². The molecular formula is C13H26F2N2O. The van der Waals surface area contributed by atoms with Crippen LogP contribution in [0.2, 0.25) is 0 Å². The molecule has 18 heavy (non-hydrogen) atoms. The summed E-state index contributed by atoms with van der Waals surface area (Å²) in [5.41, 5.74) is 0. The molecule has 1 aliphatic carbocycles. The Morgan fingerprint density at radius 2 is 2.06 bits per heavy atom. The maximum Gasteiger partial charge on any atom is 0.251 e. The SMILES string of the molecule is CCNC1CCCCC1CN(CCO)CC(F)F. The fraction of sp³-hybridized carbons (Fsp3) is 1.00. The van der Waals surface area contributed by atoms with E-state index in [1.807, 2.05) is 0 Å². The monoisotopic (exact) mass is 264 g/mol. The van der Waals surface area contributed by atoms with Gasteiger partial charge in [-0.1, -0.05) is 19.8 Å². The van der Waals surface area contributed by atoms with Crippen molar-refractivity contribution in [1.29, 1.82) is 0 Å². The van der Waals surface area contributed by atoms with Gasteiger partial charge in [-0.25, -0.2) is 8.78 Å². The minimum absolute atomic E-state index is 0.0503. The number of rotatable bonds is 8. The highest BCUT2D eigenvalue weighted by molar-refractivity contribution is 4.83. The summed E-state index contributed by atoms with van der Waals surface area (Å²) >= 11 is 0. The highest BCUT2D eigenvalue weighted by atomic mass is 19.3. The van der Waals surface area contributed by atoms with Gasteiger partial charge in [0, 0.05) is 19.1 Å². The summed E-state index contributed by atoms with van der Waals surface area (Å²) in [6, 6.07) is 0.447. The lowest BCUT2D eigenvalue weighted by Crippen LogP contribution is -2.45. The standard InChI is InChI=1S/C13H26F2N2O/c1-2-16-12-6-4-3-5-11(12)9-17(7-8-18)10-13(14)15/h11-13,16,18H,2-10H2,1H3. The van der Waals surface area contributed by atoms with Crippen molar-refractivity contribution in [1.82, 2.24) is 10.2 Å². The number of aliphatic hydroxyl groups excluding tert-OH is 1. The quantitative estimate of drug-likeness (QED) is 0.700. The zero-order chi connectivity index (χ0) is 13.4. The van der Waals surface area contributed by atoms with Gasteiger partial charge in [0.2, 0.25) is 0 Å². The molecule has 1 fully saturated rings. The first-order chi connectivity index (χ1) is 8.67. The predicted octanol–water partition coefficient (Wildman–Crippen LogP) is 1.71. The van der Waals surface area contributed by atoms with E-state index in [9.17, 15) is 8.78 Å². The lowest BCUT2D eigenvalue weighted by Gasteiger charge is -2.35. The van der Waals surface area contributed by atoms with Gasteiger partial charge < -0.3 is 10.4 Å². The molecule has 2 unspecified atom stereocenters. The first-order valence-electron chi connectivity index (χ1n) is 7.02. The Bertz CT molecular complexity index is 215. The predicted molar refractivity (Wildman–Crippen MR) is 69.0 cm³/mol. The van der Waals surface area contributed by atoms with Crippen molar-refractivity contribution in [3.63, 3.8) is 0 Å². The largest absolute Gasteiger partial charge is 0.395 e. The maximum atomic E-state index is 12.5. The van der Waals surface area contributed by atoms with E-state index in [1.165, 1.54) is 12.8 Å². The molecule has 5 heteroatoms. The summed E-state index contributed by atoms with van der Waals surface area (Å²) in [6.07, 6.45) is 2.33. The molecule has 0 bridgehead atoms. The van der Waals surface area contributed by atoms with Crippen molar-refractivity contribution >= 4 is 0 Å².